The first kappa shape index (κ1) is 10.9. The lowest BCUT2D eigenvalue weighted by Gasteiger charge is -2.00. The fraction of sp³-hybridized carbons (Fsp3) is 0.300. The number of imidazole rings is 1. The molecule has 0 fully saturated rings. The normalized spacial score (nSPS) is 10.2. The Morgan fingerprint density at radius 1 is 1.21 bits per heavy atom. The van der Waals surface area contributed by atoms with Crippen LogP contribution in [0.15, 0.2) is 12.1 Å². The predicted molar refractivity (Wildman–Crippen MR) is 61.8 cm³/mol. The van der Waals surface area contributed by atoms with Crippen molar-refractivity contribution in [2.24, 2.45) is 7.05 Å². The average molecular weight is 212 g/mol. The van der Waals surface area contributed by atoms with E-state index in [1.165, 1.54) is 11.1 Å². The molecule has 0 aliphatic rings. The summed E-state index contributed by atoms with van der Waals surface area (Å²) >= 11 is 0. The zero-order chi connectivity index (χ0) is 9.59. The summed E-state index contributed by atoms with van der Waals surface area (Å²) in [6.45, 7) is 4.18. The summed E-state index contributed by atoms with van der Waals surface area (Å²) in [6.07, 6.45) is 0. The molecular formula is C10H14ClN3. The topological polar surface area (TPSA) is 43.8 Å². The van der Waals surface area contributed by atoms with Gasteiger partial charge in [0.25, 0.3) is 0 Å². The summed E-state index contributed by atoms with van der Waals surface area (Å²) in [6, 6.07) is 4.19. The summed E-state index contributed by atoms with van der Waals surface area (Å²) in [5, 5.41) is 0. The number of nitrogens with zero attached hydrogens (tertiary/aromatic N) is 2. The number of fused-ring (bicyclic) bond motifs is 1. The summed E-state index contributed by atoms with van der Waals surface area (Å²) in [4.78, 5) is 4.26. The van der Waals surface area contributed by atoms with Gasteiger partial charge in [-0.3, -0.25) is 0 Å². The van der Waals surface area contributed by atoms with Crippen LogP contribution < -0.4 is 5.73 Å². The van der Waals surface area contributed by atoms with Crippen molar-refractivity contribution in [3.63, 3.8) is 0 Å². The Bertz CT molecular complexity index is 474. The standard InChI is InChI=1S/C10H13N3.ClH/c1-6-4-8-9(5-7(6)2)13(3)10(11)12-8;/h4-5H,1-3H3,(H2,11,12);1H. The fourth-order valence-electron chi connectivity index (χ4n) is 1.47. The monoisotopic (exact) mass is 211 g/mol. The van der Waals surface area contributed by atoms with Gasteiger partial charge in [-0.25, -0.2) is 4.98 Å². The molecule has 4 heteroatoms. The molecule has 14 heavy (non-hydrogen) atoms. The van der Waals surface area contributed by atoms with Gasteiger partial charge in [0.15, 0.2) is 0 Å². The second kappa shape index (κ2) is 3.50. The summed E-state index contributed by atoms with van der Waals surface area (Å²) in [5.41, 5.74) is 10.3. The SMILES string of the molecule is Cc1cc2nc(N)n(C)c2cc1C.Cl. The van der Waals surface area contributed by atoms with Crippen LogP contribution in [0.1, 0.15) is 11.1 Å². The van der Waals surface area contributed by atoms with Crippen molar-refractivity contribution in [2.75, 3.05) is 5.73 Å². The number of nitrogen functional groups attached to an aromatic ring is 1. The molecule has 2 N–H and O–H groups in total. The van der Waals surface area contributed by atoms with Gasteiger partial charge in [0.2, 0.25) is 5.95 Å². The molecule has 76 valence electrons. The van der Waals surface area contributed by atoms with Gasteiger partial charge in [0.05, 0.1) is 11.0 Å². The van der Waals surface area contributed by atoms with E-state index in [1.54, 1.807) is 0 Å². The average Bonchev–Trinajstić information content (AvgIpc) is 2.32. The molecule has 1 aromatic carbocycles. The molecule has 0 unspecified atom stereocenters. The molecule has 0 radical (unpaired) electrons. The van der Waals surface area contributed by atoms with Gasteiger partial charge in [0.1, 0.15) is 0 Å². The molecule has 0 saturated carbocycles. The van der Waals surface area contributed by atoms with E-state index in [0.29, 0.717) is 5.95 Å². The highest BCUT2D eigenvalue weighted by atomic mass is 35.5. The van der Waals surface area contributed by atoms with Crippen molar-refractivity contribution in [3.8, 4) is 0 Å². The number of hydrogen-bond donors (Lipinski definition) is 1. The van der Waals surface area contributed by atoms with Crippen LogP contribution in [0.2, 0.25) is 0 Å². The molecule has 2 aromatic rings. The van der Waals surface area contributed by atoms with Gasteiger partial charge in [-0.15, -0.1) is 12.4 Å². The van der Waals surface area contributed by atoms with E-state index in [-0.39, 0.29) is 12.4 Å². The molecule has 1 heterocycles. The molecule has 0 saturated heterocycles. The molecule has 0 bridgehead atoms. The highest BCUT2D eigenvalue weighted by Gasteiger charge is 2.05. The van der Waals surface area contributed by atoms with Crippen molar-refractivity contribution < 1.29 is 0 Å². The van der Waals surface area contributed by atoms with E-state index in [2.05, 4.69) is 31.0 Å². The Hall–Kier alpha value is -1.22. The number of hydrogen-bond acceptors (Lipinski definition) is 2. The first-order chi connectivity index (χ1) is 6.09. The number of aromatic nitrogens is 2. The number of nitrogens with two attached hydrogens (primary N) is 1. The summed E-state index contributed by atoms with van der Waals surface area (Å²) in [7, 11) is 1.93. The number of halogens is 1. The Morgan fingerprint density at radius 3 is 2.43 bits per heavy atom. The Kier molecular flexibility index (Phi) is 2.71. The van der Waals surface area contributed by atoms with Crippen molar-refractivity contribution in [2.45, 2.75) is 13.8 Å². The maximum absolute atomic E-state index is 5.70. The Balaban J connectivity index is 0.000000980. The largest absolute Gasteiger partial charge is 0.369 e. The van der Waals surface area contributed by atoms with Crippen molar-refractivity contribution >= 4 is 29.4 Å². The van der Waals surface area contributed by atoms with Crippen LogP contribution in [0.25, 0.3) is 11.0 Å². The highest BCUT2D eigenvalue weighted by Crippen LogP contribution is 2.20. The first-order valence-corrected chi connectivity index (χ1v) is 4.29. The summed E-state index contributed by atoms with van der Waals surface area (Å²) < 4.78 is 1.90. The van der Waals surface area contributed by atoms with Gasteiger partial charge in [-0.1, -0.05) is 0 Å². The number of benzene rings is 1. The van der Waals surface area contributed by atoms with E-state index >= 15 is 0 Å². The molecule has 0 amide bonds. The number of anilines is 1. The van der Waals surface area contributed by atoms with Gasteiger partial charge >= 0.3 is 0 Å². The second-order valence-corrected chi connectivity index (χ2v) is 3.45. The molecule has 0 atom stereocenters. The number of rotatable bonds is 0. The zero-order valence-electron chi connectivity index (χ0n) is 8.53. The molecular weight excluding hydrogens is 198 g/mol. The first-order valence-electron chi connectivity index (χ1n) is 4.29. The van der Waals surface area contributed by atoms with Gasteiger partial charge in [-0.05, 0) is 37.1 Å². The van der Waals surface area contributed by atoms with E-state index in [9.17, 15) is 0 Å². The molecule has 1 aromatic heterocycles. The van der Waals surface area contributed by atoms with Gasteiger partial charge < -0.3 is 10.3 Å². The van der Waals surface area contributed by atoms with E-state index in [1.807, 2.05) is 11.6 Å². The van der Waals surface area contributed by atoms with E-state index in [0.717, 1.165) is 11.0 Å². The predicted octanol–water partition coefficient (Wildman–Crippen LogP) is 2.19. The minimum atomic E-state index is 0. The molecule has 0 aliphatic heterocycles. The minimum Gasteiger partial charge on any atom is -0.369 e. The molecule has 0 aliphatic carbocycles. The van der Waals surface area contributed by atoms with E-state index in [4.69, 9.17) is 5.73 Å². The van der Waals surface area contributed by atoms with Crippen LogP contribution >= 0.6 is 12.4 Å². The van der Waals surface area contributed by atoms with Crippen molar-refractivity contribution in [1.29, 1.82) is 0 Å². The summed E-state index contributed by atoms with van der Waals surface area (Å²) in [5.74, 6) is 0.569. The smallest absolute Gasteiger partial charge is 0.200 e. The fourth-order valence-corrected chi connectivity index (χ4v) is 1.47. The minimum absolute atomic E-state index is 0. The third-order valence-electron chi connectivity index (χ3n) is 2.53. The lowest BCUT2D eigenvalue weighted by Crippen LogP contribution is -1.96. The van der Waals surface area contributed by atoms with Crippen LogP contribution in [-0.4, -0.2) is 9.55 Å². The zero-order valence-corrected chi connectivity index (χ0v) is 9.35. The second-order valence-electron chi connectivity index (χ2n) is 3.45. The van der Waals surface area contributed by atoms with Gasteiger partial charge in [-0.2, -0.15) is 0 Å². The Morgan fingerprint density at radius 2 is 1.79 bits per heavy atom. The van der Waals surface area contributed by atoms with Crippen molar-refractivity contribution in [1.82, 2.24) is 9.55 Å². The highest BCUT2D eigenvalue weighted by molar-refractivity contribution is 5.85. The molecule has 2 rings (SSSR count). The maximum Gasteiger partial charge on any atom is 0.200 e. The van der Waals surface area contributed by atoms with Crippen LogP contribution in [0.3, 0.4) is 0 Å². The van der Waals surface area contributed by atoms with E-state index < -0.39 is 0 Å². The van der Waals surface area contributed by atoms with Crippen LogP contribution in [0.4, 0.5) is 5.95 Å². The van der Waals surface area contributed by atoms with Crippen LogP contribution in [0, 0.1) is 13.8 Å². The third-order valence-corrected chi connectivity index (χ3v) is 2.53. The molecule has 0 spiro atoms. The number of aryl methyl sites for hydroxylation is 3. The third kappa shape index (κ3) is 1.44. The van der Waals surface area contributed by atoms with Gasteiger partial charge in [0, 0.05) is 7.05 Å². The van der Waals surface area contributed by atoms with Crippen LogP contribution in [0.5, 0.6) is 0 Å². The quantitative estimate of drug-likeness (QED) is 0.726. The molecule has 3 nitrogen and oxygen atoms in total. The van der Waals surface area contributed by atoms with Crippen LogP contribution in [-0.2, 0) is 7.05 Å². The lowest BCUT2D eigenvalue weighted by molar-refractivity contribution is 0.964. The Labute approximate surface area is 89.3 Å². The lowest BCUT2D eigenvalue weighted by atomic mass is 10.1. The van der Waals surface area contributed by atoms with Crippen molar-refractivity contribution in [3.05, 3.63) is 23.3 Å². The maximum atomic E-state index is 5.70.